The predicted octanol–water partition coefficient (Wildman–Crippen LogP) is 0.276. The lowest BCUT2D eigenvalue weighted by atomic mass is 10.1. The highest BCUT2D eigenvalue weighted by Crippen LogP contribution is 2.37. The number of nitrogens with one attached hydrogen (secondary N) is 1. The number of aromatic hydroxyl groups is 1. The van der Waals surface area contributed by atoms with Crippen LogP contribution in [0.1, 0.15) is 23.2 Å². The van der Waals surface area contributed by atoms with E-state index in [-0.39, 0.29) is 28.7 Å². The highest BCUT2D eigenvalue weighted by molar-refractivity contribution is 6.10. The largest absolute Gasteiger partial charge is 0.504 e. The SMILES string of the molecule is COc1cc2c(cc1O)NC(=O)C1CCC(O)N1C2=O. The fourth-order valence-electron chi connectivity index (χ4n) is 2.69. The number of carbonyl (C=O) groups excluding carboxylic acids is 2. The van der Waals surface area contributed by atoms with Crippen LogP contribution in [0, 0.1) is 0 Å². The van der Waals surface area contributed by atoms with Crippen LogP contribution in [0.4, 0.5) is 5.69 Å². The van der Waals surface area contributed by atoms with Crippen LogP contribution in [0.2, 0.25) is 0 Å². The first-order chi connectivity index (χ1) is 9.52. The first-order valence-corrected chi connectivity index (χ1v) is 6.25. The Morgan fingerprint density at radius 3 is 2.80 bits per heavy atom. The van der Waals surface area contributed by atoms with Gasteiger partial charge in [0.15, 0.2) is 11.5 Å². The van der Waals surface area contributed by atoms with Crippen LogP contribution >= 0.6 is 0 Å². The molecule has 2 atom stereocenters. The van der Waals surface area contributed by atoms with Gasteiger partial charge in [0.1, 0.15) is 12.3 Å². The monoisotopic (exact) mass is 278 g/mol. The van der Waals surface area contributed by atoms with Gasteiger partial charge in [0.05, 0.1) is 18.4 Å². The Kier molecular flexibility index (Phi) is 2.79. The summed E-state index contributed by atoms with van der Waals surface area (Å²) in [5, 5.41) is 22.2. The van der Waals surface area contributed by atoms with Crippen LogP contribution < -0.4 is 10.1 Å². The number of anilines is 1. The third-order valence-electron chi connectivity index (χ3n) is 3.70. The molecular weight excluding hydrogens is 264 g/mol. The van der Waals surface area contributed by atoms with E-state index < -0.39 is 18.2 Å². The molecule has 7 nitrogen and oxygen atoms in total. The van der Waals surface area contributed by atoms with E-state index in [1.165, 1.54) is 24.1 Å². The van der Waals surface area contributed by atoms with Gasteiger partial charge >= 0.3 is 0 Å². The molecule has 0 bridgehead atoms. The number of nitrogens with zero attached hydrogens (tertiary/aromatic N) is 1. The van der Waals surface area contributed by atoms with Gasteiger partial charge in [0.25, 0.3) is 5.91 Å². The fraction of sp³-hybridized carbons (Fsp3) is 0.385. The van der Waals surface area contributed by atoms with Gasteiger partial charge in [-0.25, -0.2) is 0 Å². The van der Waals surface area contributed by atoms with E-state index in [0.717, 1.165) is 0 Å². The van der Waals surface area contributed by atoms with E-state index in [9.17, 15) is 19.8 Å². The number of amides is 2. The molecule has 106 valence electrons. The van der Waals surface area contributed by atoms with Crippen molar-refractivity contribution < 1.29 is 24.5 Å². The van der Waals surface area contributed by atoms with Gasteiger partial charge < -0.3 is 25.2 Å². The highest BCUT2D eigenvalue weighted by Gasteiger charge is 2.43. The average Bonchev–Trinajstić information content (AvgIpc) is 2.75. The summed E-state index contributed by atoms with van der Waals surface area (Å²) >= 11 is 0. The van der Waals surface area contributed by atoms with Crippen molar-refractivity contribution in [3.8, 4) is 11.5 Å². The number of aliphatic hydroxyl groups excluding tert-OH is 1. The van der Waals surface area contributed by atoms with E-state index in [1.807, 2.05) is 0 Å². The Morgan fingerprint density at radius 1 is 1.35 bits per heavy atom. The number of phenolic OH excluding ortho intramolecular Hbond substituents is 1. The number of hydrogen-bond donors (Lipinski definition) is 3. The summed E-state index contributed by atoms with van der Waals surface area (Å²) in [4.78, 5) is 25.8. The smallest absolute Gasteiger partial charge is 0.258 e. The molecule has 2 amide bonds. The number of carbonyl (C=O) groups is 2. The zero-order valence-corrected chi connectivity index (χ0v) is 10.8. The molecule has 3 N–H and O–H groups in total. The number of phenols is 1. The predicted molar refractivity (Wildman–Crippen MR) is 68.5 cm³/mol. The van der Waals surface area contributed by atoms with Crippen LogP contribution in [0.25, 0.3) is 0 Å². The Hall–Kier alpha value is -2.28. The molecule has 1 aromatic carbocycles. The van der Waals surface area contributed by atoms with Gasteiger partial charge in [-0.1, -0.05) is 0 Å². The molecule has 0 saturated carbocycles. The zero-order chi connectivity index (χ0) is 14.4. The Labute approximate surface area is 114 Å². The summed E-state index contributed by atoms with van der Waals surface area (Å²) in [7, 11) is 1.37. The third-order valence-corrected chi connectivity index (χ3v) is 3.70. The molecule has 7 heteroatoms. The average molecular weight is 278 g/mol. The third kappa shape index (κ3) is 1.70. The van der Waals surface area contributed by atoms with Crippen molar-refractivity contribution in [2.24, 2.45) is 0 Å². The first-order valence-electron chi connectivity index (χ1n) is 6.25. The minimum absolute atomic E-state index is 0.137. The van der Waals surface area contributed by atoms with Crippen molar-refractivity contribution in [2.45, 2.75) is 25.1 Å². The maximum atomic E-state index is 12.5. The fourth-order valence-corrected chi connectivity index (χ4v) is 2.69. The zero-order valence-electron chi connectivity index (χ0n) is 10.8. The number of methoxy groups -OCH3 is 1. The number of benzene rings is 1. The number of hydrogen-bond acceptors (Lipinski definition) is 5. The van der Waals surface area contributed by atoms with Crippen LogP contribution in [0.15, 0.2) is 12.1 Å². The summed E-state index contributed by atoms with van der Waals surface area (Å²) < 4.78 is 4.97. The number of fused-ring (bicyclic) bond motifs is 2. The number of ether oxygens (including phenoxy) is 1. The van der Waals surface area contributed by atoms with Crippen LogP contribution in [0.5, 0.6) is 11.5 Å². The molecule has 2 unspecified atom stereocenters. The molecule has 2 aliphatic rings. The maximum absolute atomic E-state index is 12.5. The number of rotatable bonds is 1. The molecule has 0 aliphatic carbocycles. The molecule has 3 rings (SSSR count). The second-order valence-electron chi connectivity index (χ2n) is 4.85. The van der Waals surface area contributed by atoms with E-state index in [1.54, 1.807) is 0 Å². The maximum Gasteiger partial charge on any atom is 0.258 e. The van der Waals surface area contributed by atoms with Gasteiger partial charge in [-0.3, -0.25) is 9.59 Å². The normalized spacial score (nSPS) is 24.8. The molecule has 1 fully saturated rings. The van der Waals surface area contributed by atoms with Gasteiger partial charge in [-0.15, -0.1) is 0 Å². The minimum Gasteiger partial charge on any atom is -0.504 e. The van der Waals surface area contributed by atoms with Gasteiger partial charge in [-0.2, -0.15) is 0 Å². The van der Waals surface area contributed by atoms with Gasteiger partial charge in [0.2, 0.25) is 5.91 Å². The van der Waals surface area contributed by atoms with Crippen molar-refractivity contribution >= 4 is 17.5 Å². The topological polar surface area (TPSA) is 99.1 Å². The molecule has 0 aromatic heterocycles. The molecular formula is C13H14N2O5. The Morgan fingerprint density at radius 2 is 2.10 bits per heavy atom. The molecule has 20 heavy (non-hydrogen) atoms. The molecule has 0 spiro atoms. The quantitative estimate of drug-likeness (QED) is 0.685. The second-order valence-corrected chi connectivity index (χ2v) is 4.85. The minimum atomic E-state index is -0.969. The van der Waals surface area contributed by atoms with Crippen LogP contribution in [0.3, 0.4) is 0 Å². The van der Waals surface area contributed by atoms with Crippen molar-refractivity contribution in [2.75, 3.05) is 12.4 Å². The molecule has 0 radical (unpaired) electrons. The second kappa shape index (κ2) is 4.38. The van der Waals surface area contributed by atoms with Crippen LogP contribution in [-0.4, -0.2) is 46.3 Å². The lowest BCUT2D eigenvalue weighted by molar-refractivity contribution is -0.121. The summed E-state index contributed by atoms with van der Waals surface area (Å²) in [5.74, 6) is -0.842. The van der Waals surface area contributed by atoms with Crippen molar-refractivity contribution in [3.63, 3.8) is 0 Å². The first kappa shape index (κ1) is 12.7. The van der Waals surface area contributed by atoms with Gasteiger partial charge in [0, 0.05) is 6.07 Å². The molecule has 1 aromatic rings. The Bertz CT molecular complexity index is 601. The highest BCUT2D eigenvalue weighted by atomic mass is 16.5. The van der Waals surface area contributed by atoms with E-state index >= 15 is 0 Å². The van der Waals surface area contributed by atoms with Crippen molar-refractivity contribution in [3.05, 3.63) is 17.7 Å². The van der Waals surface area contributed by atoms with E-state index in [0.29, 0.717) is 12.8 Å². The summed E-state index contributed by atoms with van der Waals surface area (Å²) in [6.45, 7) is 0. The molecule has 2 aliphatic heterocycles. The summed E-state index contributed by atoms with van der Waals surface area (Å²) in [6.07, 6.45) is -0.187. The van der Waals surface area contributed by atoms with Crippen molar-refractivity contribution in [1.29, 1.82) is 0 Å². The van der Waals surface area contributed by atoms with Crippen molar-refractivity contribution in [1.82, 2.24) is 4.90 Å². The molecule has 2 heterocycles. The summed E-state index contributed by atoms with van der Waals surface area (Å²) in [5.41, 5.74) is 0.413. The van der Waals surface area contributed by atoms with Gasteiger partial charge in [-0.05, 0) is 18.9 Å². The molecule has 1 saturated heterocycles. The van der Waals surface area contributed by atoms with E-state index in [4.69, 9.17) is 4.74 Å². The Balaban J connectivity index is 2.14. The van der Waals surface area contributed by atoms with Crippen LogP contribution in [-0.2, 0) is 4.79 Å². The standard InChI is InChI=1S/C13H14N2O5/c1-20-10-4-6-7(5-9(10)16)14-12(18)8-2-3-11(17)15(8)13(6)19/h4-5,8,11,16-17H,2-3H2,1H3,(H,14,18). The van der Waals surface area contributed by atoms with E-state index in [2.05, 4.69) is 5.32 Å². The lowest BCUT2D eigenvalue weighted by Gasteiger charge is -2.23. The lowest BCUT2D eigenvalue weighted by Crippen LogP contribution is -2.44. The summed E-state index contributed by atoms with van der Waals surface area (Å²) in [6, 6.07) is 1.96. The number of aliphatic hydroxyl groups is 1.